The quantitative estimate of drug-likeness (QED) is 0.145. The second-order valence-corrected chi connectivity index (χ2v) is 18.1. The van der Waals surface area contributed by atoms with Gasteiger partial charge < -0.3 is 4.90 Å². The first-order chi connectivity index (χ1) is 32.6. The van der Waals surface area contributed by atoms with Crippen molar-refractivity contribution in [2.75, 3.05) is 4.90 Å². The Morgan fingerprint density at radius 3 is 1.55 bits per heavy atom. The molecule has 11 aromatic rings. The first-order valence-corrected chi connectivity index (χ1v) is 23.1. The average Bonchev–Trinajstić information content (AvgIpc) is 3.84. The van der Waals surface area contributed by atoms with Crippen molar-refractivity contribution in [1.29, 1.82) is 0 Å². The van der Waals surface area contributed by atoms with Crippen molar-refractivity contribution in [2.45, 2.75) is 17.8 Å². The van der Waals surface area contributed by atoms with Crippen LogP contribution in [-0.4, -0.2) is 0 Å². The third kappa shape index (κ3) is 5.53. The summed E-state index contributed by atoms with van der Waals surface area (Å²) in [6.45, 7) is 2.41. The fourth-order valence-corrected chi connectivity index (χ4v) is 11.8. The monoisotopic (exact) mass is 839 g/mol. The molecule has 1 nitrogen and oxygen atoms in total. The highest BCUT2D eigenvalue weighted by Crippen LogP contribution is 2.58. The predicted octanol–water partition coefficient (Wildman–Crippen LogP) is 16.8. The predicted molar refractivity (Wildman–Crippen MR) is 276 cm³/mol. The maximum absolute atomic E-state index is 2.50. The molecule has 1 heteroatoms. The topological polar surface area (TPSA) is 3.24 Å². The summed E-state index contributed by atoms with van der Waals surface area (Å²) in [5.41, 5.74) is 19.1. The van der Waals surface area contributed by atoms with Crippen LogP contribution in [0.4, 0.5) is 17.1 Å². The number of hydrogen-bond donors (Lipinski definition) is 0. The van der Waals surface area contributed by atoms with Gasteiger partial charge in [-0.15, -0.1) is 0 Å². The molecule has 1 atom stereocenters. The van der Waals surface area contributed by atoms with E-state index in [1.54, 1.807) is 0 Å². The Morgan fingerprint density at radius 1 is 0.303 bits per heavy atom. The number of nitrogens with zero attached hydrogens (tertiary/aromatic N) is 1. The molecule has 0 radical (unpaired) electrons. The van der Waals surface area contributed by atoms with Crippen LogP contribution >= 0.6 is 0 Å². The van der Waals surface area contributed by atoms with Crippen LogP contribution in [0.3, 0.4) is 0 Å². The summed E-state index contributed by atoms with van der Waals surface area (Å²) in [7, 11) is 0. The third-order valence-electron chi connectivity index (χ3n) is 14.8. The molecule has 66 heavy (non-hydrogen) atoms. The molecule has 0 fully saturated rings. The van der Waals surface area contributed by atoms with Gasteiger partial charge in [0.25, 0.3) is 0 Å². The van der Waals surface area contributed by atoms with Crippen LogP contribution < -0.4 is 4.90 Å². The van der Waals surface area contributed by atoms with Crippen molar-refractivity contribution in [3.05, 3.63) is 294 Å². The average molecular weight is 840 g/mol. The van der Waals surface area contributed by atoms with Gasteiger partial charge in [-0.25, -0.2) is 0 Å². The van der Waals surface area contributed by atoms with Gasteiger partial charge in [-0.3, -0.25) is 0 Å². The third-order valence-corrected chi connectivity index (χ3v) is 14.8. The maximum Gasteiger partial charge on any atom is 0.0713 e. The van der Waals surface area contributed by atoms with Crippen molar-refractivity contribution in [3.8, 4) is 33.4 Å². The lowest BCUT2D eigenvalue weighted by molar-refractivity contribution is 0.714. The molecule has 0 amide bonds. The number of hydrogen-bond acceptors (Lipinski definition) is 1. The van der Waals surface area contributed by atoms with Gasteiger partial charge in [-0.05, 0) is 132 Å². The number of fused-ring (bicyclic) bond motifs is 9. The molecule has 0 saturated carbocycles. The van der Waals surface area contributed by atoms with Gasteiger partial charge >= 0.3 is 0 Å². The van der Waals surface area contributed by atoms with Gasteiger partial charge in [0.05, 0.1) is 11.1 Å². The first kappa shape index (κ1) is 38.2. The molecule has 0 bridgehead atoms. The summed E-state index contributed by atoms with van der Waals surface area (Å²) in [6, 6.07) is 94.9. The van der Waals surface area contributed by atoms with Crippen molar-refractivity contribution in [2.24, 2.45) is 0 Å². The molecule has 0 aliphatic heterocycles. The van der Waals surface area contributed by atoms with Crippen molar-refractivity contribution >= 4 is 38.6 Å². The zero-order valence-corrected chi connectivity index (χ0v) is 36.7. The zero-order valence-electron chi connectivity index (χ0n) is 36.7. The molecule has 0 saturated heterocycles. The molecule has 0 aromatic heterocycles. The Kier molecular flexibility index (Phi) is 8.63. The van der Waals surface area contributed by atoms with E-state index in [4.69, 9.17) is 0 Å². The Labute approximate surface area is 386 Å². The largest absolute Gasteiger partial charge is 0.310 e. The Morgan fingerprint density at radius 2 is 0.803 bits per heavy atom. The van der Waals surface area contributed by atoms with Gasteiger partial charge in [-0.2, -0.15) is 0 Å². The van der Waals surface area contributed by atoms with Crippen LogP contribution in [0.25, 0.3) is 54.9 Å². The molecule has 2 aliphatic carbocycles. The molecule has 13 rings (SSSR count). The van der Waals surface area contributed by atoms with E-state index < -0.39 is 5.41 Å². The fraction of sp³-hybridized carbons (Fsp3) is 0.0462. The fourth-order valence-electron chi connectivity index (χ4n) is 11.8. The molecule has 1 unspecified atom stereocenters. The molecule has 0 heterocycles. The summed E-state index contributed by atoms with van der Waals surface area (Å²) in [5, 5.41) is 4.98. The summed E-state index contributed by atoms with van der Waals surface area (Å²) < 4.78 is 0. The molecule has 0 spiro atoms. The smallest absolute Gasteiger partial charge is 0.0713 e. The van der Waals surface area contributed by atoms with Crippen LogP contribution in [0.1, 0.15) is 45.9 Å². The summed E-state index contributed by atoms with van der Waals surface area (Å²) in [4.78, 5) is 2.50. The minimum Gasteiger partial charge on any atom is -0.310 e. The minimum absolute atomic E-state index is 0.343. The van der Waals surface area contributed by atoms with E-state index in [0.29, 0.717) is 0 Å². The van der Waals surface area contributed by atoms with Gasteiger partial charge in [0.1, 0.15) is 0 Å². The lowest BCUT2D eigenvalue weighted by Gasteiger charge is -2.34. The van der Waals surface area contributed by atoms with Crippen LogP contribution in [0.5, 0.6) is 0 Å². The van der Waals surface area contributed by atoms with E-state index in [9.17, 15) is 0 Å². The SMILES string of the molecule is CC1(c2ccccc2)c2ccccc2-c2ccc(N(c3ccc4c(ccc5ccccc54)c3)c3ccccc3-c3ccc4c(c3)C(c3ccccc3)(c3ccccc3)c3ccccc3-4)cc21. The second kappa shape index (κ2) is 14.9. The molecular weight excluding hydrogens is 795 g/mol. The number of benzene rings is 11. The van der Waals surface area contributed by atoms with E-state index in [0.717, 1.165) is 17.1 Å². The van der Waals surface area contributed by atoms with Gasteiger partial charge in [-0.1, -0.05) is 218 Å². The highest BCUT2D eigenvalue weighted by Gasteiger charge is 2.46. The van der Waals surface area contributed by atoms with Crippen molar-refractivity contribution in [3.63, 3.8) is 0 Å². The minimum atomic E-state index is -0.503. The van der Waals surface area contributed by atoms with Gasteiger partial charge in [0.2, 0.25) is 0 Å². The number of rotatable bonds is 7. The lowest BCUT2D eigenvalue weighted by atomic mass is 9.67. The van der Waals surface area contributed by atoms with Crippen molar-refractivity contribution < 1.29 is 0 Å². The van der Waals surface area contributed by atoms with E-state index in [1.807, 2.05) is 0 Å². The number of anilines is 3. The summed E-state index contributed by atoms with van der Waals surface area (Å²) in [5.74, 6) is 0. The van der Waals surface area contributed by atoms with E-state index >= 15 is 0 Å². The Balaban J connectivity index is 1.06. The molecular formula is C65H45N. The lowest BCUT2D eigenvalue weighted by Crippen LogP contribution is -2.28. The van der Waals surface area contributed by atoms with Crippen LogP contribution in [-0.2, 0) is 10.8 Å². The highest BCUT2D eigenvalue weighted by molar-refractivity contribution is 6.09. The van der Waals surface area contributed by atoms with E-state index in [2.05, 4.69) is 267 Å². The van der Waals surface area contributed by atoms with Gasteiger partial charge in [0.15, 0.2) is 0 Å². The zero-order chi connectivity index (χ0) is 43.8. The normalized spacial score (nSPS) is 15.2. The van der Waals surface area contributed by atoms with Crippen LogP contribution in [0.2, 0.25) is 0 Å². The molecule has 11 aromatic carbocycles. The number of para-hydroxylation sites is 1. The standard InChI is InChI=1S/C65H45N/c1-64(47-20-5-2-6-21-47)59-30-16-13-28-55(59)57-40-37-51(43-61(57)64)66(50-36-39-53-45(41-50)34-33-44-19-11-12-26-52(44)53)63-32-18-15-27-54(63)46-35-38-58-56-29-14-17-31-60(56)65(62(58)42-46,48-22-7-3-8-23-48)49-24-9-4-10-25-49/h2-43H,1H3. The van der Waals surface area contributed by atoms with Crippen molar-refractivity contribution in [1.82, 2.24) is 0 Å². The second-order valence-electron chi connectivity index (χ2n) is 18.1. The maximum atomic E-state index is 2.50. The molecule has 0 N–H and O–H groups in total. The first-order valence-electron chi connectivity index (χ1n) is 23.1. The summed E-state index contributed by atoms with van der Waals surface area (Å²) in [6.07, 6.45) is 0. The highest BCUT2D eigenvalue weighted by atomic mass is 15.1. The summed E-state index contributed by atoms with van der Waals surface area (Å²) >= 11 is 0. The Bertz CT molecular complexity index is 3620. The van der Waals surface area contributed by atoms with Gasteiger partial charge in [0, 0.05) is 22.4 Å². The Hall–Kier alpha value is -8.26. The van der Waals surface area contributed by atoms with E-state index in [1.165, 1.54) is 93.9 Å². The van der Waals surface area contributed by atoms with Crippen LogP contribution in [0.15, 0.2) is 255 Å². The molecule has 2 aliphatic rings. The van der Waals surface area contributed by atoms with Crippen LogP contribution in [0, 0.1) is 0 Å². The van der Waals surface area contributed by atoms with E-state index in [-0.39, 0.29) is 5.41 Å². The molecule has 310 valence electrons.